The maximum Gasteiger partial charge on any atom is 0.262 e. The first-order valence-corrected chi connectivity index (χ1v) is 5.83. The van der Waals surface area contributed by atoms with Gasteiger partial charge >= 0.3 is 0 Å². The fourth-order valence-corrected chi connectivity index (χ4v) is 1.98. The first-order valence-electron chi connectivity index (χ1n) is 5.04. The van der Waals surface area contributed by atoms with Gasteiger partial charge in [0.25, 0.3) is 5.91 Å². The third kappa shape index (κ3) is 2.14. The van der Waals surface area contributed by atoms with Crippen LogP contribution in [0.3, 0.4) is 0 Å². The molecule has 1 aromatic rings. The summed E-state index contributed by atoms with van der Waals surface area (Å²) < 4.78 is 0.671. The molecule has 1 fully saturated rings. The number of hydrogen-bond donors (Lipinski definition) is 0. The van der Waals surface area contributed by atoms with Crippen LogP contribution in [0.1, 0.15) is 23.7 Å². The number of aromatic nitrogens is 1. The number of rotatable bonds is 1. The summed E-state index contributed by atoms with van der Waals surface area (Å²) >= 11 is 3.20. The summed E-state index contributed by atoms with van der Waals surface area (Å²) in [5.74, 6) is -0.102. The number of hydrogen-bond acceptors (Lipinski definition) is 3. The van der Waals surface area contributed by atoms with Crippen molar-refractivity contribution in [3.63, 3.8) is 0 Å². The predicted octanol–water partition coefficient (Wildman–Crippen LogP) is 1.85. The SMILES string of the molecule is CC1CC(=O)N(C(=O)c2ccc(Br)nc2)C1. The maximum absolute atomic E-state index is 12.0. The molecule has 2 rings (SSSR count). The molecule has 1 aliphatic rings. The highest BCUT2D eigenvalue weighted by molar-refractivity contribution is 9.10. The quantitative estimate of drug-likeness (QED) is 0.584. The van der Waals surface area contributed by atoms with E-state index in [0.717, 1.165) is 0 Å². The Morgan fingerprint density at radius 3 is 2.81 bits per heavy atom. The zero-order valence-electron chi connectivity index (χ0n) is 8.81. The molecule has 16 heavy (non-hydrogen) atoms. The molecule has 1 aliphatic heterocycles. The number of likely N-dealkylation sites (tertiary alicyclic amines) is 1. The highest BCUT2D eigenvalue weighted by Gasteiger charge is 2.31. The number of halogens is 1. The fraction of sp³-hybridized carbons (Fsp3) is 0.364. The minimum Gasteiger partial charge on any atom is -0.278 e. The Morgan fingerprint density at radius 2 is 2.31 bits per heavy atom. The van der Waals surface area contributed by atoms with Gasteiger partial charge in [-0.1, -0.05) is 6.92 Å². The van der Waals surface area contributed by atoms with Crippen molar-refractivity contribution in [1.82, 2.24) is 9.88 Å². The van der Waals surface area contributed by atoms with E-state index in [9.17, 15) is 9.59 Å². The zero-order chi connectivity index (χ0) is 11.7. The molecule has 4 nitrogen and oxygen atoms in total. The van der Waals surface area contributed by atoms with Gasteiger partial charge in [0, 0.05) is 19.2 Å². The Kier molecular flexibility index (Phi) is 3.05. The van der Waals surface area contributed by atoms with Crippen molar-refractivity contribution in [3.8, 4) is 0 Å². The molecular formula is C11H11BrN2O2. The molecule has 0 saturated carbocycles. The number of carbonyl (C=O) groups excluding carboxylic acids is 2. The van der Waals surface area contributed by atoms with Gasteiger partial charge in [-0.3, -0.25) is 14.5 Å². The van der Waals surface area contributed by atoms with Crippen molar-refractivity contribution < 1.29 is 9.59 Å². The van der Waals surface area contributed by atoms with Crippen LogP contribution >= 0.6 is 15.9 Å². The summed E-state index contributed by atoms with van der Waals surface area (Å²) in [6, 6.07) is 3.35. The Hall–Kier alpha value is -1.23. The van der Waals surface area contributed by atoms with E-state index in [1.165, 1.54) is 11.1 Å². The molecule has 0 spiro atoms. The second kappa shape index (κ2) is 4.33. The molecule has 0 radical (unpaired) electrons. The van der Waals surface area contributed by atoms with Crippen LogP contribution in [0.5, 0.6) is 0 Å². The standard InChI is InChI=1S/C11H11BrN2O2/c1-7-4-10(15)14(6-7)11(16)8-2-3-9(12)13-5-8/h2-3,5,7H,4,6H2,1H3. The lowest BCUT2D eigenvalue weighted by atomic mass is 10.2. The average Bonchev–Trinajstić information content (AvgIpc) is 2.58. The first kappa shape index (κ1) is 11.3. The van der Waals surface area contributed by atoms with E-state index in [0.29, 0.717) is 23.1 Å². The molecule has 1 atom stereocenters. The lowest BCUT2D eigenvalue weighted by Gasteiger charge is -2.13. The average molecular weight is 283 g/mol. The van der Waals surface area contributed by atoms with E-state index in [1.807, 2.05) is 6.92 Å². The topological polar surface area (TPSA) is 50.3 Å². The molecule has 0 aromatic carbocycles. The van der Waals surface area contributed by atoms with Crippen molar-refractivity contribution in [2.24, 2.45) is 5.92 Å². The molecular weight excluding hydrogens is 272 g/mol. The summed E-state index contributed by atoms with van der Waals surface area (Å²) in [7, 11) is 0. The van der Waals surface area contributed by atoms with Gasteiger partial charge in [-0.15, -0.1) is 0 Å². The third-order valence-corrected chi connectivity index (χ3v) is 3.01. The van der Waals surface area contributed by atoms with Crippen LogP contribution in [0.25, 0.3) is 0 Å². The summed E-state index contributed by atoms with van der Waals surface area (Å²) in [5.41, 5.74) is 0.450. The van der Waals surface area contributed by atoms with Crippen molar-refractivity contribution in [3.05, 3.63) is 28.5 Å². The Balaban J connectivity index is 2.19. The van der Waals surface area contributed by atoms with Crippen LogP contribution in [0.2, 0.25) is 0 Å². The minimum atomic E-state index is -0.255. The molecule has 0 bridgehead atoms. The normalized spacial score (nSPS) is 20.2. The van der Waals surface area contributed by atoms with Gasteiger partial charge in [-0.25, -0.2) is 4.98 Å². The lowest BCUT2D eigenvalue weighted by molar-refractivity contribution is -0.125. The number of amides is 2. The number of nitrogens with zero attached hydrogens (tertiary/aromatic N) is 2. The van der Waals surface area contributed by atoms with Crippen LogP contribution < -0.4 is 0 Å². The van der Waals surface area contributed by atoms with Gasteiger partial charge in [-0.2, -0.15) is 0 Å². The highest BCUT2D eigenvalue weighted by Crippen LogP contribution is 2.19. The van der Waals surface area contributed by atoms with E-state index >= 15 is 0 Å². The molecule has 2 amide bonds. The van der Waals surface area contributed by atoms with Crippen LogP contribution in [-0.2, 0) is 4.79 Å². The molecule has 1 saturated heterocycles. The van der Waals surface area contributed by atoms with E-state index in [4.69, 9.17) is 0 Å². The van der Waals surface area contributed by atoms with E-state index < -0.39 is 0 Å². The maximum atomic E-state index is 12.0. The van der Waals surface area contributed by atoms with Crippen LogP contribution in [0, 0.1) is 5.92 Å². The predicted molar refractivity (Wildman–Crippen MR) is 61.8 cm³/mol. The molecule has 0 aliphatic carbocycles. The van der Waals surface area contributed by atoms with Gasteiger partial charge < -0.3 is 0 Å². The summed E-state index contributed by atoms with van der Waals surface area (Å²) in [5, 5.41) is 0. The van der Waals surface area contributed by atoms with Crippen LogP contribution in [0.4, 0.5) is 0 Å². The van der Waals surface area contributed by atoms with Gasteiger partial charge in [0.15, 0.2) is 0 Å². The smallest absolute Gasteiger partial charge is 0.262 e. The largest absolute Gasteiger partial charge is 0.278 e. The first-order chi connectivity index (χ1) is 7.58. The van der Waals surface area contributed by atoms with E-state index in [1.54, 1.807) is 12.1 Å². The van der Waals surface area contributed by atoms with Crippen molar-refractivity contribution in [2.45, 2.75) is 13.3 Å². The summed E-state index contributed by atoms with van der Waals surface area (Å²) in [4.78, 5) is 28.8. The van der Waals surface area contributed by atoms with Crippen molar-refractivity contribution in [1.29, 1.82) is 0 Å². The Labute approximate surface area is 102 Å². The molecule has 1 unspecified atom stereocenters. The van der Waals surface area contributed by atoms with Gasteiger partial charge in [-0.05, 0) is 34.0 Å². The number of carbonyl (C=O) groups is 2. The van der Waals surface area contributed by atoms with Gasteiger partial charge in [0.2, 0.25) is 5.91 Å². The summed E-state index contributed by atoms with van der Waals surface area (Å²) in [6.45, 7) is 2.47. The number of imide groups is 1. The van der Waals surface area contributed by atoms with Crippen LogP contribution in [-0.4, -0.2) is 28.2 Å². The summed E-state index contributed by atoms with van der Waals surface area (Å²) in [6.07, 6.45) is 1.93. The minimum absolute atomic E-state index is 0.0968. The van der Waals surface area contributed by atoms with Crippen LogP contribution in [0.15, 0.2) is 22.9 Å². The zero-order valence-corrected chi connectivity index (χ0v) is 10.4. The molecule has 1 aromatic heterocycles. The Morgan fingerprint density at radius 1 is 1.56 bits per heavy atom. The second-order valence-electron chi connectivity index (χ2n) is 3.99. The fourth-order valence-electron chi connectivity index (χ4n) is 1.74. The molecule has 2 heterocycles. The number of pyridine rings is 1. The van der Waals surface area contributed by atoms with Crippen molar-refractivity contribution in [2.75, 3.05) is 6.54 Å². The van der Waals surface area contributed by atoms with Gasteiger partial charge in [0.05, 0.1) is 5.56 Å². The highest BCUT2D eigenvalue weighted by atomic mass is 79.9. The van der Waals surface area contributed by atoms with Crippen molar-refractivity contribution >= 4 is 27.7 Å². The Bertz CT molecular complexity index is 430. The third-order valence-electron chi connectivity index (χ3n) is 2.54. The molecule has 84 valence electrons. The monoisotopic (exact) mass is 282 g/mol. The van der Waals surface area contributed by atoms with E-state index in [2.05, 4.69) is 20.9 Å². The molecule has 5 heteroatoms. The molecule has 0 N–H and O–H groups in total. The van der Waals surface area contributed by atoms with E-state index in [-0.39, 0.29) is 17.7 Å². The second-order valence-corrected chi connectivity index (χ2v) is 4.80. The van der Waals surface area contributed by atoms with Gasteiger partial charge in [0.1, 0.15) is 4.60 Å². The lowest BCUT2D eigenvalue weighted by Crippen LogP contribution is -2.32.